The highest BCUT2D eigenvalue weighted by Crippen LogP contribution is 2.25. The maximum absolute atomic E-state index is 12.5. The van der Waals surface area contributed by atoms with Crippen molar-refractivity contribution in [1.82, 2.24) is 9.88 Å². The SMILES string of the molecule is CCN(C(=O)Cc1csc(-c2ccc(Cl)cc2)n1)C(C)(C)C. The van der Waals surface area contributed by atoms with Gasteiger partial charge in [-0.3, -0.25) is 4.79 Å². The van der Waals surface area contributed by atoms with E-state index < -0.39 is 0 Å². The Bertz CT molecular complexity index is 643. The van der Waals surface area contributed by atoms with Crippen LogP contribution in [0.25, 0.3) is 10.6 Å². The van der Waals surface area contributed by atoms with Gasteiger partial charge in [0.2, 0.25) is 5.91 Å². The molecule has 1 aromatic carbocycles. The molecule has 5 heteroatoms. The fourth-order valence-electron chi connectivity index (χ4n) is 2.39. The second-order valence-corrected chi connectivity index (χ2v) is 7.43. The lowest BCUT2D eigenvalue weighted by Crippen LogP contribution is -2.46. The van der Waals surface area contributed by atoms with Gasteiger partial charge in [0.25, 0.3) is 0 Å². The summed E-state index contributed by atoms with van der Waals surface area (Å²) in [5, 5.41) is 3.58. The zero-order valence-corrected chi connectivity index (χ0v) is 15.0. The van der Waals surface area contributed by atoms with Crippen molar-refractivity contribution in [1.29, 1.82) is 0 Å². The molecule has 0 bridgehead atoms. The molecule has 0 atom stereocenters. The summed E-state index contributed by atoms with van der Waals surface area (Å²) in [4.78, 5) is 18.9. The Hall–Kier alpha value is -1.39. The third kappa shape index (κ3) is 4.08. The maximum Gasteiger partial charge on any atom is 0.229 e. The first kappa shape index (κ1) is 17.0. The third-order valence-electron chi connectivity index (χ3n) is 3.40. The van der Waals surface area contributed by atoms with E-state index in [1.807, 2.05) is 41.5 Å². The van der Waals surface area contributed by atoms with Crippen molar-refractivity contribution in [2.75, 3.05) is 6.54 Å². The smallest absolute Gasteiger partial charge is 0.229 e. The highest BCUT2D eigenvalue weighted by molar-refractivity contribution is 7.13. The van der Waals surface area contributed by atoms with Gasteiger partial charge in [-0.05, 0) is 39.8 Å². The van der Waals surface area contributed by atoms with Gasteiger partial charge in [0.15, 0.2) is 0 Å². The molecule has 0 aliphatic rings. The number of nitrogens with zero attached hydrogens (tertiary/aromatic N) is 2. The normalized spacial score (nSPS) is 11.5. The first-order valence-electron chi connectivity index (χ1n) is 7.32. The Labute approximate surface area is 140 Å². The average Bonchev–Trinajstić information content (AvgIpc) is 2.87. The molecule has 2 aromatic rings. The van der Waals surface area contributed by atoms with Crippen LogP contribution in [0.5, 0.6) is 0 Å². The van der Waals surface area contributed by atoms with Gasteiger partial charge in [-0.25, -0.2) is 4.98 Å². The maximum atomic E-state index is 12.5. The van der Waals surface area contributed by atoms with Crippen molar-refractivity contribution < 1.29 is 4.79 Å². The van der Waals surface area contributed by atoms with Gasteiger partial charge < -0.3 is 4.90 Å². The Balaban J connectivity index is 2.12. The summed E-state index contributed by atoms with van der Waals surface area (Å²) in [5.41, 5.74) is 1.68. The molecule has 2 rings (SSSR count). The van der Waals surface area contributed by atoms with Gasteiger partial charge in [-0.2, -0.15) is 0 Å². The van der Waals surface area contributed by atoms with E-state index in [4.69, 9.17) is 11.6 Å². The molecule has 1 amide bonds. The highest BCUT2D eigenvalue weighted by Gasteiger charge is 2.25. The van der Waals surface area contributed by atoms with E-state index in [0.717, 1.165) is 16.3 Å². The van der Waals surface area contributed by atoms with Gasteiger partial charge >= 0.3 is 0 Å². The number of halogens is 1. The lowest BCUT2D eigenvalue weighted by molar-refractivity contribution is -0.134. The monoisotopic (exact) mass is 336 g/mol. The predicted molar refractivity (Wildman–Crippen MR) is 93.4 cm³/mol. The van der Waals surface area contributed by atoms with Crippen LogP contribution in [0.2, 0.25) is 5.02 Å². The molecule has 3 nitrogen and oxygen atoms in total. The fraction of sp³-hybridized carbons (Fsp3) is 0.412. The van der Waals surface area contributed by atoms with Crippen LogP contribution in [-0.4, -0.2) is 27.9 Å². The van der Waals surface area contributed by atoms with Crippen LogP contribution in [0, 0.1) is 0 Å². The molecule has 0 saturated carbocycles. The zero-order chi connectivity index (χ0) is 16.3. The molecule has 0 aliphatic heterocycles. The summed E-state index contributed by atoms with van der Waals surface area (Å²) in [6.07, 6.45) is 0.342. The lowest BCUT2D eigenvalue weighted by atomic mass is 10.1. The average molecular weight is 337 g/mol. The van der Waals surface area contributed by atoms with E-state index in [1.54, 1.807) is 11.3 Å². The third-order valence-corrected chi connectivity index (χ3v) is 4.59. The molecule has 0 spiro atoms. The van der Waals surface area contributed by atoms with Crippen LogP contribution in [0.3, 0.4) is 0 Å². The molecular weight excluding hydrogens is 316 g/mol. The number of likely N-dealkylation sites (N-methyl/N-ethyl adjacent to an activating group) is 1. The van der Waals surface area contributed by atoms with Gasteiger partial charge in [-0.15, -0.1) is 11.3 Å². The largest absolute Gasteiger partial charge is 0.338 e. The minimum Gasteiger partial charge on any atom is -0.338 e. The minimum absolute atomic E-state index is 0.114. The summed E-state index contributed by atoms with van der Waals surface area (Å²) < 4.78 is 0. The van der Waals surface area contributed by atoms with Crippen molar-refractivity contribution in [3.8, 4) is 10.6 Å². The molecule has 0 fully saturated rings. The van der Waals surface area contributed by atoms with Crippen molar-refractivity contribution >= 4 is 28.8 Å². The van der Waals surface area contributed by atoms with E-state index in [2.05, 4.69) is 25.8 Å². The zero-order valence-electron chi connectivity index (χ0n) is 13.4. The summed E-state index contributed by atoms with van der Waals surface area (Å²) in [6, 6.07) is 7.59. The topological polar surface area (TPSA) is 33.2 Å². The van der Waals surface area contributed by atoms with Gasteiger partial charge in [0, 0.05) is 28.0 Å². The number of hydrogen-bond donors (Lipinski definition) is 0. The van der Waals surface area contributed by atoms with Gasteiger partial charge in [0.1, 0.15) is 5.01 Å². The van der Waals surface area contributed by atoms with Crippen molar-refractivity contribution in [3.05, 3.63) is 40.4 Å². The Kier molecular flexibility index (Phi) is 5.24. The number of amides is 1. The summed E-state index contributed by atoms with van der Waals surface area (Å²) in [7, 11) is 0. The number of benzene rings is 1. The standard InChI is InChI=1S/C17H21ClN2OS/c1-5-20(17(2,3)4)15(21)10-14-11-22-16(19-14)12-6-8-13(18)9-7-12/h6-9,11H,5,10H2,1-4H3. The molecule has 0 radical (unpaired) electrons. The molecule has 0 unspecified atom stereocenters. The molecule has 0 N–H and O–H groups in total. The van der Waals surface area contributed by atoms with E-state index in [0.29, 0.717) is 18.0 Å². The molecule has 118 valence electrons. The van der Waals surface area contributed by atoms with Crippen molar-refractivity contribution in [2.45, 2.75) is 39.7 Å². The van der Waals surface area contributed by atoms with Gasteiger partial charge in [0.05, 0.1) is 12.1 Å². The van der Waals surface area contributed by atoms with Crippen LogP contribution in [-0.2, 0) is 11.2 Å². The number of hydrogen-bond acceptors (Lipinski definition) is 3. The number of carbonyl (C=O) groups excluding carboxylic acids is 1. The van der Waals surface area contributed by atoms with Crippen LogP contribution in [0.15, 0.2) is 29.6 Å². The van der Waals surface area contributed by atoms with E-state index >= 15 is 0 Å². The number of rotatable bonds is 4. The van der Waals surface area contributed by atoms with Crippen LogP contribution in [0.4, 0.5) is 0 Å². The summed E-state index contributed by atoms with van der Waals surface area (Å²) >= 11 is 7.45. The van der Waals surface area contributed by atoms with E-state index in [9.17, 15) is 4.79 Å². The van der Waals surface area contributed by atoms with Crippen LogP contribution < -0.4 is 0 Å². The molecule has 0 aliphatic carbocycles. The lowest BCUT2D eigenvalue weighted by Gasteiger charge is -2.34. The predicted octanol–water partition coefficient (Wildman–Crippen LogP) is 4.65. The summed E-state index contributed by atoms with van der Waals surface area (Å²) in [5.74, 6) is 0.114. The highest BCUT2D eigenvalue weighted by atomic mass is 35.5. The second-order valence-electron chi connectivity index (χ2n) is 6.14. The van der Waals surface area contributed by atoms with Gasteiger partial charge in [-0.1, -0.05) is 23.7 Å². The van der Waals surface area contributed by atoms with Crippen molar-refractivity contribution in [2.24, 2.45) is 0 Å². The van der Waals surface area contributed by atoms with Crippen LogP contribution >= 0.6 is 22.9 Å². The Morgan fingerprint density at radius 2 is 1.91 bits per heavy atom. The molecular formula is C17H21ClN2OS. The van der Waals surface area contributed by atoms with Crippen molar-refractivity contribution in [3.63, 3.8) is 0 Å². The first-order chi connectivity index (χ1) is 10.3. The quantitative estimate of drug-likeness (QED) is 0.814. The van der Waals surface area contributed by atoms with E-state index in [-0.39, 0.29) is 11.4 Å². The number of carbonyl (C=O) groups is 1. The minimum atomic E-state index is -0.166. The molecule has 0 saturated heterocycles. The molecule has 1 heterocycles. The fourth-order valence-corrected chi connectivity index (χ4v) is 3.34. The number of thiazole rings is 1. The van der Waals surface area contributed by atoms with E-state index in [1.165, 1.54) is 0 Å². The summed E-state index contributed by atoms with van der Waals surface area (Å²) in [6.45, 7) is 8.86. The van der Waals surface area contributed by atoms with Crippen LogP contribution in [0.1, 0.15) is 33.4 Å². The molecule has 22 heavy (non-hydrogen) atoms. The first-order valence-corrected chi connectivity index (χ1v) is 8.58. The Morgan fingerprint density at radius 3 is 2.45 bits per heavy atom. The second kappa shape index (κ2) is 6.80. The number of aromatic nitrogens is 1. The Morgan fingerprint density at radius 1 is 1.27 bits per heavy atom. The molecule has 1 aromatic heterocycles.